The van der Waals surface area contributed by atoms with Gasteiger partial charge < -0.3 is 9.52 Å². The Labute approximate surface area is 174 Å². The third kappa shape index (κ3) is 3.64. The zero-order valence-electron chi connectivity index (χ0n) is 15.1. The van der Waals surface area contributed by atoms with Crippen molar-refractivity contribution in [3.63, 3.8) is 0 Å². The van der Waals surface area contributed by atoms with E-state index in [1.54, 1.807) is 29.2 Å². The minimum atomic E-state index is -1.03. The smallest absolute Gasteiger partial charge is 0.335 e. The number of carboxylic acid groups (broad SMARTS) is 1. The Bertz CT molecular complexity index is 1130. The van der Waals surface area contributed by atoms with Gasteiger partial charge in [0, 0.05) is 5.56 Å². The standard InChI is InChI=1S/C19H14N4O4S2/c1-2-28-19-22-29-18-21-16(24)13(15(20)23(18)19)9-12-6-7-14(27-12)10-4-3-5-11(8-10)17(25)26/h3-9,20H,2H2,1H3,(H,25,26)/b13-9-,20-15?. The number of furan rings is 1. The van der Waals surface area contributed by atoms with Gasteiger partial charge in [-0.25, -0.2) is 9.69 Å². The number of carbonyl (C=O) groups is 2. The monoisotopic (exact) mass is 426 g/mol. The maximum atomic E-state index is 12.4. The molecule has 0 fully saturated rings. The van der Waals surface area contributed by atoms with E-state index in [9.17, 15) is 9.59 Å². The molecule has 29 heavy (non-hydrogen) atoms. The number of hydrogen-bond acceptors (Lipinski definition) is 7. The Balaban J connectivity index is 1.65. The van der Waals surface area contributed by atoms with Crippen LogP contribution in [0.3, 0.4) is 0 Å². The first-order valence-corrected chi connectivity index (χ1v) is 10.3. The molecule has 0 radical (unpaired) electrons. The van der Waals surface area contributed by atoms with E-state index in [0.29, 0.717) is 27.4 Å². The van der Waals surface area contributed by atoms with Gasteiger partial charge >= 0.3 is 5.97 Å². The molecule has 8 nitrogen and oxygen atoms in total. The van der Waals surface area contributed by atoms with Crippen molar-refractivity contribution in [3.8, 4) is 11.3 Å². The third-order valence-electron chi connectivity index (χ3n) is 4.08. The number of rotatable bonds is 4. The van der Waals surface area contributed by atoms with Gasteiger partial charge in [-0.05, 0) is 36.1 Å². The highest BCUT2D eigenvalue weighted by Crippen LogP contribution is 2.32. The lowest BCUT2D eigenvalue weighted by molar-refractivity contribution is -0.114. The van der Waals surface area contributed by atoms with E-state index < -0.39 is 11.9 Å². The molecule has 0 spiro atoms. The fourth-order valence-corrected chi connectivity index (χ4v) is 4.33. The van der Waals surface area contributed by atoms with Crippen LogP contribution < -0.4 is 0 Å². The highest BCUT2D eigenvalue weighted by Gasteiger charge is 2.37. The van der Waals surface area contributed by atoms with Crippen molar-refractivity contribution in [3.05, 3.63) is 53.3 Å². The van der Waals surface area contributed by atoms with Crippen molar-refractivity contribution in [2.75, 3.05) is 5.75 Å². The quantitative estimate of drug-likeness (QED) is 0.561. The lowest BCUT2D eigenvalue weighted by Crippen LogP contribution is -2.41. The summed E-state index contributed by atoms with van der Waals surface area (Å²) in [5, 5.41) is 18.6. The molecule has 2 aliphatic rings. The molecule has 2 aromatic rings. The van der Waals surface area contributed by atoms with Gasteiger partial charge in [0.1, 0.15) is 17.4 Å². The molecule has 1 amide bonds. The van der Waals surface area contributed by atoms with Crippen molar-refractivity contribution in [1.82, 2.24) is 4.90 Å². The van der Waals surface area contributed by atoms with Gasteiger partial charge in [-0.3, -0.25) is 10.2 Å². The predicted molar refractivity (Wildman–Crippen MR) is 114 cm³/mol. The van der Waals surface area contributed by atoms with Crippen LogP contribution in [0.25, 0.3) is 17.4 Å². The number of nitrogens with one attached hydrogen (secondary N) is 1. The number of thioether (sulfide) groups is 1. The van der Waals surface area contributed by atoms with Crippen LogP contribution in [0.4, 0.5) is 0 Å². The van der Waals surface area contributed by atoms with E-state index in [1.807, 2.05) is 6.92 Å². The number of hydrogen-bond donors (Lipinski definition) is 2. The van der Waals surface area contributed by atoms with Gasteiger partial charge in [-0.2, -0.15) is 9.39 Å². The van der Waals surface area contributed by atoms with Crippen LogP contribution in [0, 0.1) is 5.41 Å². The van der Waals surface area contributed by atoms with E-state index in [0.717, 1.165) is 17.7 Å². The molecule has 1 aromatic carbocycles. The maximum Gasteiger partial charge on any atom is 0.335 e. The van der Waals surface area contributed by atoms with Crippen LogP contribution in [0.2, 0.25) is 0 Å². The van der Waals surface area contributed by atoms with Gasteiger partial charge in [0.25, 0.3) is 5.91 Å². The fourth-order valence-electron chi connectivity index (χ4n) is 2.76. The number of carboxylic acids is 1. The molecule has 0 saturated heterocycles. The SMILES string of the molecule is CCSC1=NSC2=NC(=O)/C(=C\c3ccc(-c4cccc(C(=O)O)c4)o3)C(=N)N12. The van der Waals surface area contributed by atoms with Crippen molar-refractivity contribution < 1.29 is 19.1 Å². The molecule has 0 saturated carbocycles. The molecule has 2 aliphatic heterocycles. The summed E-state index contributed by atoms with van der Waals surface area (Å²) in [4.78, 5) is 29.1. The average molecular weight is 426 g/mol. The van der Waals surface area contributed by atoms with Gasteiger partial charge in [0.15, 0.2) is 5.17 Å². The molecular formula is C19H14N4O4S2. The number of nitrogens with zero attached hydrogens (tertiary/aromatic N) is 3. The van der Waals surface area contributed by atoms with E-state index in [2.05, 4.69) is 9.39 Å². The van der Waals surface area contributed by atoms with Crippen LogP contribution in [0.1, 0.15) is 23.0 Å². The molecule has 2 N–H and O–H groups in total. The average Bonchev–Trinajstić information content (AvgIpc) is 3.33. The first-order chi connectivity index (χ1) is 14.0. The summed E-state index contributed by atoms with van der Waals surface area (Å²) in [7, 11) is 0. The molecular weight excluding hydrogens is 412 g/mol. The Hall–Kier alpha value is -3.11. The Morgan fingerprint density at radius 3 is 2.97 bits per heavy atom. The minimum Gasteiger partial charge on any atom is -0.478 e. The highest BCUT2D eigenvalue weighted by molar-refractivity contribution is 8.19. The largest absolute Gasteiger partial charge is 0.478 e. The first-order valence-electron chi connectivity index (χ1n) is 8.53. The molecule has 10 heteroatoms. The fraction of sp³-hybridized carbons (Fsp3) is 0.105. The first kappa shape index (κ1) is 19.2. The van der Waals surface area contributed by atoms with Gasteiger partial charge in [-0.15, -0.1) is 0 Å². The maximum absolute atomic E-state index is 12.4. The van der Waals surface area contributed by atoms with Crippen LogP contribution in [-0.2, 0) is 4.79 Å². The zero-order chi connectivity index (χ0) is 20.5. The predicted octanol–water partition coefficient (Wildman–Crippen LogP) is 3.97. The molecule has 4 rings (SSSR count). The number of aliphatic imine (C=N–C) groups is 1. The van der Waals surface area contributed by atoms with Gasteiger partial charge in [-0.1, -0.05) is 30.8 Å². The summed E-state index contributed by atoms with van der Waals surface area (Å²) >= 11 is 2.54. The molecule has 0 unspecified atom stereocenters. The summed E-state index contributed by atoms with van der Waals surface area (Å²) < 4.78 is 10.0. The second kappa shape index (κ2) is 7.72. The van der Waals surface area contributed by atoms with Crippen molar-refractivity contribution in [2.45, 2.75) is 6.92 Å². The Kier molecular flexibility index (Phi) is 5.12. The topological polar surface area (TPSA) is 119 Å². The number of benzene rings is 1. The lowest BCUT2D eigenvalue weighted by atomic mass is 10.1. The molecule has 1 aromatic heterocycles. The van der Waals surface area contributed by atoms with Crippen LogP contribution in [0.5, 0.6) is 0 Å². The van der Waals surface area contributed by atoms with Crippen molar-refractivity contribution >= 4 is 57.8 Å². The lowest BCUT2D eigenvalue weighted by Gasteiger charge is -2.23. The summed E-state index contributed by atoms with van der Waals surface area (Å²) in [6.07, 6.45) is 1.46. The second-order valence-electron chi connectivity index (χ2n) is 5.93. The summed E-state index contributed by atoms with van der Waals surface area (Å²) in [6, 6.07) is 9.71. The van der Waals surface area contributed by atoms with E-state index in [1.165, 1.54) is 30.0 Å². The number of aromatic carboxylic acids is 1. The van der Waals surface area contributed by atoms with Gasteiger partial charge in [0.05, 0.1) is 23.1 Å². The van der Waals surface area contributed by atoms with Gasteiger partial charge in [0.2, 0.25) is 5.17 Å². The van der Waals surface area contributed by atoms with Crippen molar-refractivity contribution in [1.29, 1.82) is 5.41 Å². The minimum absolute atomic E-state index is 0.00414. The van der Waals surface area contributed by atoms with Crippen LogP contribution in [-0.4, -0.2) is 43.8 Å². The molecule has 0 aliphatic carbocycles. The molecule has 3 heterocycles. The van der Waals surface area contributed by atoms with Crippen LogP contribution in [0.15, 0.2) is 55.8 Å². The summed E-state index contributed by atoms with van der Waals surface area (Å²) in [5.74, 6) is 0.0375. The number of fused-ring (bicyclic) bond motifs is 1. The molecule has 0 atom stereocenters. The zero-order valence-corrected chi connectivity index (χ0v) is 16.7. The van der Waals surface area contributed by atoms with Crippen molar-refractivity contribution in [2.24, 2.45) is 9.39 Å². The number of amidine groups is 3. The molecule has 146 valence electrons. The van der Waals surface area contributed by atoms with Crippen LogP contribution >= 0.6 is 23.7 Å². The normalized spacial score (nSPS) is 17.4. The Morgan fingerprint density at radius 2 is 2.21 bits per heavy atom. The molecule has 0 bridgehead atoms. The Morgan fingerprint density at radius 1 is 1.38 bits per heavy atom. The highest BCUT2D eigenvalue weighted by atomic mass is 32.2. The second-order valence-corrected chi connectivity index (χ2v) is 7.89. The third-order valence-corrected chi connectivity index (χ3v) is 5.71. The van der Waals surface area contributed by atoms with E-state index in [4.69, 9.17) is 14.9 Å². The summed E-state index contributed by atoms with van der Waals surface area (Å²) in [6.45, 7) is 1.98. The van der Waals surface area contributed by atoms with E-state index in [-0.39, 0.29) is 17.0 Å². The summed E-state index contributed by atoms with van der Waals surface area (Å²) in [5.41, 5.74) is 0.849. The van der Waals surface area contributed by atoms with E-state index >= 15 is 0 Å². The number of amides is 1. The number of carbonyl (C=O) groups excluding carboxylic acids is 1.